The third kappa shape index (κ3) is 3.74. The molecule has 21 heavy (non-hydrogen) atoms. The van der Waals surface area contributed by atoms with Crippen molar-refractivity contribution in [3.63, 3.8) is 0 Å². The van der Waals surface area contributed by atoms with E-state index < -0.39 is 0 Å². The summed E-state index contributed by atoms with van der Waals surface area (Å²) in [5, 5.41) is 2.95. The molecule has 2 rings (SSSR count). The van der Waals surface area contributed by atoms with Gasteiger partial charge in [0.15, 0.2) is 0 Å². The van der Waals surface area contributed by atoms with Crippen LogP contribution < -0.4 is 10.2 Å². The average molecular weight is 289 g/mol. The number of aromatic nitrogens is 1. The van der Waals surface area contributed by atoms with Gasteiger partial charge in [-0.25, -0.2) is 4.98 Å². The monoisotopic (exact) mass is 289 g/mol. The average Bonchev–Trinajstić information content (AvgIpc) is 2.43. The number of nitrogens with zero attached hydrogens (tertiary/aromatic N) is 2. The molecule has 4 nitrogen and oxygen atoms in total. The van der Waals surface area contributed by atoms with Crippen LogP contribution in [0.5, 0.6) is 0 Å². The summed E-state index contributed by atoms with van der Waals surface area (Å²) in [5.74, 6) is 2.08. The quantitative estimate of drug-likeness (QED) is 0.927. The van der Waals surface area contributed by atoms with E-state index in [-0.39, 0.29) is 5.91 Å². The summed E-state index contributed by atoms with van der Waals surface area (Å²) in [4.78, 5) is 18.4. The first-order valence-corrected chi connectivity index (χ1v) is 7.89. The molecule has 1 aliphatic heterocycles. The Labute approximate surface area is 127 Å². The van der Waals surface area contributed by atoms with Crippen molar-refractivity contribution in [1.82, 2.24) is 10.3 Å². The van der Waals surface area contributed by atoms with Crippen LogP contribution in [0.25, 0.3) is 0 Å². The van der Waals surface area contributed by atoms with Crippen molar-refractivity contribution in [2.24, 2.45) is 5.92 Å². The molecule has 0 saturated heterocycles. The predicted octanol–water partition coefficient (Wildman–Crippen LogP) is 2.73. The maximum absolute atomic E-state index is 11.1. The Balaban J connectivity index is 2.25. The zero-order valence-electron chi connectivity index (χ0n) is 13.8. The van der Waals surface area contributed by atoms with Crippen molar-refractivity contribution in [3.05, 3.63) is 23.4 Å². The van der Waals surface area contributed by atoms with E-state index in [0.717, 1.165) is 31.0 Å². The molecule has 1 atom stereocenters. The van der Waals surface area contributed by atoms with Gasteiger partial charge in [0.2, 0.25) is 5.91 Å². The number of rotatable bonds is 4. The summed E-state index contributed by atoms with van der Waals surface area (Å²) >= 11 is 0. The number of pyridine rings is 1. The van der Waals surface area contributed by atoms with Gasteiger partial charge in [0.1, 0.15) is 5.82 Å². The molecule has 2 heterocycles. The lowest BCUT2D eigenvalue weighted by Crippen LogP contribution is -2.44. The zero-order valence-corrected chi connectivity index (χ0v) is 13.8. The van der Waals surface area contributed by atoms with Crippen molar-refractivity contribution < 1.29 is 4.79 Å². The summed E-state index contributed by atoms with van der Waals surface area (Å²) in [5.41, 5.74) is 2.45. The molecule has 1 unspecified atom stereocenters. The van der Waals surface area contributed by atoms with Crippen LogP contribution >= 0.6 is 0 Å². The summed E-state index contributed by atoms with van der Waals surface area (Å²) in [6.45, 7) is 12.0. The van der Waals surface area contributed by atoms with E-state index in [0.29, 0.717) is 17.9 Å². The SMILES string of the molecule is CC(=O)NCC1Cc2ccc(C(C)C)nc2N(C(C)C)C1. The lowest BCUT2D eigenvalue weighted by Gasteiger charge is -2.38. The lowest BCUT2D eigenvalue weighted by atomic mass is 9.93. The first kappa shape index (κ1) is 15.8. The van der Waals surface area contributed by atoms with Crippen molar-refractivity contribution >= 4 is 11.7 Å². The van der Waals surface area contributed by atoms with E-state index in [4.69, 9.17) is 4.98 Å². The maximum Gasteiger partial charge on any atom is 0.216 e. The van der Waals surface area contributed by atoms with Crippen molar-refractivity contribution in [1.29, 1.82) is 0 Å². The second-order valence-electron chi connectivity index (χ2n) is 6.63. The molecular weight excluding hydrogens is 262 g/mol. The molecule has 4 heteroatoms. The van der Waals surface area contributed by atoms with E-state index in [9.17, 15) is 4.79 Å². The first-order valence-electron chi connectivity index (χ1n) is 7.89. The standard InChI is InChI=1S/C17H27N3O/c1-11(2)16-7-6-15-8-14(9-18-13(5)21)10-20(12(3)4)17(15)19-16/h6-7,11-12,14H,8-10H2,1-5H3,(H,18,21). The van der Waals surface area contributed by atoms with Crippen LogP contribution in [-0.4, -0.2) is 30.0 Å². The van der Waals surface area contributed by atoms with Crippen LogP contribution in [0.1, 0.15) is 51.8 Å². The van der Waals surface area contributed by atoms with Crippen LogP contribution in [0, 0.1) is 5.92 Å². The number of amides is 1. The van der Waals surface area contributed by atoms with Gasteiger partial charge in [-0.3, -0.25) is 4.79 Å². The molecule has 0 bridgehead atoms. The second kappa shape index (κ2) is 6.46. The van der Waals surface area contributed by atoms with Crippen LogP contribution in [0.4, 0.5) is 5.82 Å². The number of hydrogen-bond donors (Lipinski definition) is 1. The van der Waals surface area contributed by atoms with Crippen LogP contribution in [-0.2, 0) is 11.2 Å². The minimum atomic E-state index is 0.0465. The molecule has 1 amide bonds. The van der Waals surface area contributed by atoms with E-state index >= 15 is 0 Å². The lowest BCUT2D eigenvalue weighted by molar-refractivity contribution is -0.119. The van der Waals surface area contributed by atoms with Gasteiger partial charge in [-0.05, 0) is 43.7 Å². The first-order chi connectivity index (χ1) is 9.88. The third-order valence-electron chi connectivity index (χ3n) is 4.07. The molecule has 1 aromatic rings. The molecular formula is C17H27N3O. The van der Waals surface area contributed by atoms with Crippen molar-refractivity contribution in [2.45, 2.75) is 53.0 Å². The Morgan fingerprint density at radius 1 is 1.38 bits per heavy atom. The highest BCUT2D eigenvalue weighted by Gasteiger charge is 2.27. The minimum absolute atomic E-state index is 0.0465. The van der Waals surface area contributed by atoms with E-state index in [2.05, 4.69) is 50.0 Å². The number of carbonyl (C=O) groups is 1. The summed E-state index contributed by atoms with van der Waals surface area (Å²) in [7, 11) is 0. The number of anilines is 1. The van der Waals surface area contributed by atoms with Crippen molar-refractivity contribution in [3.8, 4) is 0 Å². The highest BCUT2D eigenvalue weighted by molar-refractivity contribution is 5.72. The molecule has 0 spiro atoms. The second-order valence-corrected chi connectivity index (χ2v) is 6.63. The van der Waals surface area contributed by atoms with Crippen molar-refractivity contribution in [2.75, 3.05) is 18.0 Å². The summed E-state index contributed by atoms with van der Waals surface area (Å²) in [6.07, 6.45) is 0.990. The molecule has 0 fully saturated rings. The van der Waals surface area contributed by atoms with Crippen LogP contribution in [0.2, 0.25) is 0 Å². The van der Waals surface area contributed by atoms with Crippen LogP contribution in [0.3, 0.4) is 0 Å². The molecule has 1 aromatic heterocycles. The van der Waals surface area contributed by atoms with Gasteiger partial charge >= 0.3 is 0 Å². The van der Waals surface area contributed by atoms with Crippen LogP contribution in [0.15, 0.2) is 12.1 Å². The minimum Gasteiger partial charge on any atom is -0.356 e. The number of carbonyl (C=O) groups excluding carboxylic acids is 1. The van der Waals surface area contributed by atoms with Gasteiger partial charge in [0.05, 0.1) is 0 Å². The number of hydrogen-bond acceptors (Lipinski definition) is 3. The Bertz CT molecular complexity index is 511. The highest BCUT2D eigenvalue weighted by Crippen LogP contribution is 2.31. The van der Waals surface area contributed by atoms with E-state index in [1.807, 2.05) is 0 Å². The molecule has 0 aromatic carbocycles. The fraction of sp³-hybridized carbons (Fsp3) is 0.647. The van der Waals surface area contributed by atoms with Gasteiger partial charge in [-0.2, -0.15) is 0 Å². The predicted molar refractivity (Wildman–Crippen MR) is 86.7 cm³/mol. The highest BCUT2D eigenvalue weighted by atomic mass is 16.1. The Hall–Kier alpha value is -1.58. The Kier molecular flexibility index (Phi) is 4.86. The van der Waals surface area contributed by atoms with Gasteiger partial charge < -0.3 is 10.2 Å². The smallest absolute Gasteiger partial charge is 0.216 e. The zero-order chi connectivity index (χ0) is 15.6. The van der Waals surface area contributed by atoms with E-state index in [1.54, 1.807) is 6.92 Å². The normalized spacial score (nSPS) is 18.0. The molecule has 1 aliphatic rings. The fourth-order valence-electron chi connectivity index (χ4n) is 2.84. The number of nitrogens with one attached hydrogen (secondary N) is 1. The molecule has 116 valence electrons. The molecule has 0 saturated carbocycles. The Morgan fingerprint density at radius 2 is 2.10 bits per heavy atom. The van der Waals surface area contributed by atoms with Gasteiger partial charge in [0.25, 0.3) is 0 Å². The van der Waals surface area contributed by atoms with E-state index in [1.165, 1.54) is 5.56 Å². The molecule has 0 aliphatic carbocycles. The van der Waals surface area contributed by atoms with Gasteiger partial charge in [-0.1, -0.05) is 19.9 Å². The largest absolute Gasteiger partial charge is 0.356 e. The topological polar surface area (TPSA) is 45.2 Å². The fourth-order valence-corrected chi connectivity index (χ4v) is 2.84. The van der Waals surface area contributed by atoms with Gasteiger partial charge in [-0.15, -0.1) is 0 Å². The Morgan fingerprint density at radius 3 is 2.67 bits per heavy atom. The number of fused-ring (bicyclic) bond motifs is 1. The molecule has 0 radical (unpaired) electrons. The van der Waals surface area contributed by atoms with Gasteiger partial charge in [0, 0.05) is 31.7 Å². The summed E-state index contributed by atoms with van der Waals surface area (Å²) < 4.78 is 0. The summed E-state index contributed by atoms with van der Waals surface area (Å²) in [6, 6.07) is 4.77. The maximum atomic E-state index is 11.1. The third-order valence-corrected chi connectivity index (χ3v) is 4.07. The molecule has 1 N–H and O–H groups in total.